The number of aliphatic hydroxyl groups is 1. The van der Waals surface area contributed by atoms with Crippen LogP contribution in [0.25, 0.3) is 44.3 Å². The van der Waals surface area contributed by atoms with Crippen molar-refractivity contribution >= 4 is 65.5 Å². The van der Waals surface area contributed by atoms with Crippen molar-refractivity contribution in [2.75, 3.05) is 10.6 Å². The lowest BCUT2D eigenvalue weighted by atomic mass is 9.93. The maximum absolute atomic E-state index is 13.1. The lowest BCUT2D eigenvalue weighted by Gasteiger charge is -2.41. The fraction of sp³-hybridized carbons (Fsp3) is 0.700. The van der Waals surface area contributed by atoms with E-state index in [0.29, 0.717) is 73.0 Å². The molecule has 0 saturated heterocycles. The molecular formula is C90H229Cl2N9O4Si. The summed E-state index contributed by atoms with van der Waals surface area (Å²) in [6, 6.07) is 20.4. The number of aliphatic hydroxyl groups excluding tert-OH is 1. The molecule has 2 aliphatic rings. The maximum atomic E-state index is 13.1. The third-order valence-corrected chi connectivity index (χ3v) is 17.5. The highest BCUT2D eigenvalue weighted by Crippen LogP contribution is 2.39. The van der Waals surface area contributed by atoms with Gasteiger partial charge in [0.05, 0.1) is 12.2 Å². The van der Waals surface area contributed by atoms with Crippen LogP contribution in [0.15, 0.2) is 82.6 Å². The van der Waals surface area contributed by atoms with Crippen molar-refractivity contribution in [3.63, 3.8) is 0 Å². The molecule has 8 rings (SSSR count). The SMILES string of the molecule is C.C.C.C.C.C.C.C.C.C.C.C.C.C.C.C.C.C.C.C.C.C.C.C.C.C.C.C.C.C.C.C.C.C.C.C.C.C.C.C.C.C.C.C.CC(C)(C)[Si](C)(C)OC1CCC(Nc2ncc3cc(-c4ccccc4Cl)c(=O)[nH]c3n2)CC1.N#CCn1c(=O)c(-c2ccccc2Cl)cc2cnc(NC3CCC(O)CC3)nc21. The second-order valence-electron chi connectivity index (χ2n) is 17.7. The standard InChI is InChI=1S/C25H33ClN4O2Si.C21H20ClN5O2.44CH4/c1-25(2,3)33(4,5)32-18-12-10-17(11-13-18)28-24-27-15-16-14-20(23(31)29-22(16)30-24)19-8-6-7-9-21(19)26;22-18-4-2-1-3-16(18)17-11-13-12-24-21(25-14-5-7-15(28)8-6-14)26-19(13)27(10-9-23)20(17)29;;;;;;;;;;;;;;;;;;;;;;;;;;;;;;;;;;;;;;;;;;;;/h6-9,14-15,17-18H,10-13H2,1-5H3,(H2,27,28,29,30,31);1-4,11-12,14-15,28H,5-8,10H2,(H,24,25,26);44*1H4. The van der Waals surface area contributed by atoms with Crippen molar-refractivity contribution in [1.29, 1.82) is 5.26 Å². The number of fused-ring (bicyclic) bond motifs is 2. The second kappa shape index (κ2) is 111. The number of anilines is 2. The quantitative estimate of drug-likeness (QED) is 0.101. The zero-order valence-corrected chi connectivity index (χ0v) is 38.2. The Morgan fingerprint density at radius 1 is 0.481 bits per heavy atom. The summed E-state index contributed by atoms with van der Waals surface area (Å²) in [5.41, 5.74) is 2.60. The van der Waals surface area contributed by atoms with E-state index in [-0.39, 0.29) is 362 Å². The lowest BCUT2D eigenvalue weighted by Crippen LogP contribution is -2.45. The van der Waals surface area contributed by atoms with Crippen LogP contribution < -0.4 is 21.8 Å². The van der Waals surface area contributed by atoms with Crippen LogP contribution in [-0.4, -0.2) is 67.2 Å². The van der Waals surface area contributed by atoms with E-state index < -0.39 is 8.32 Å². The molecule has 2 fully saturated rings. The second-order valence-corrected chi connectivity index (χ2v) is 23.3. The summed E-state index contributed by atoms with van der Waals surface area (Å²) >= 11 is 12.6. The Kier molecular flexibility index (Phi) is 266. The topological polar surface area (TPSA) is 184 Å². The molecule has 4 aromatic heterocycles. The van der Waals surface area contributed by atoms with Crippen LogP contribution in [0.1, 0.15) is 399 Å². The van der Waals surface area contributed by atoms with Crippen LogP contribution in [0.3, 0.4) is 0 Å². The van der Waals surface area contributed by atoms with Gasteiger partial charge in [0.1, 0.15) is 17.8 Å². The summed E-state index contributed by atoms with van der Waals surface area (Å²) in [7, 11) is -1.74. The van der Waals surface area contributed by atoms with Gasteiger partial charge in [-0.2, -0.15) is 15.2 Å². The van der Waals surface area contributed by atoms with Crippen LogP contribution in [0, 0.1) is 11.3 Å². The van der Waals surface area contributed by atoms with Gasteiger partial charge in [-0.15, -0.1) is 0 Å². The van der Waals surface area contributed by atoms with Crippen molar-refractivity contribution < 1.29 is 9.53 Å². The largest absolute Gasteiger partial charge is 0.414 e. The van der Waals surface area contributed by atoms with Crippen LogP contribution in [0.5, 0.6) is 0 Å². The molecule has 0 spiro atoms. The van der Waals surface area contributed by atoms with Crippen molar-refractivity contribution in [3.05, 3.63) is 104 Å². The number of pyridine rings is 2. The van der Waals surface area contributed by atoms with Gasteiger partial charge in [0.2, 0.25) is 11.9 Å². The number of halogens is 2. The van der Waals surface area contributed by atoms with Crippen molar-refractivity contribution in [2.24, 2.45) is 0 Å². The third-order valence-electron chi connectivity index (χ3n) is 12.3. The molecule has 2 aliphatic carbocycles. The Hall–Kier alpha value is -5.17. The molecule has 13 nitrogen and oxygen atoms in total. The van der Waals surface area contributed by atoms with E-state index in [9.17, 15) is 20.0 Å². The van der Waals surface area contributed by atoms with Gasteiger partial charge in [0.15, 0.2) is 8.32 Å². The molecule has 2 saturated carbocycles. The van der Waals surface area contributed by atoms with E-state index in [2.05, 4.69) is 69.4 Å². The van der Waals surface area contributed by atoms with Gasteiger partial charge in [-0.05, 0) is 93.8 Å². The molecule has 2 aromatic carbocycles. The molecule has 4 heterocycles. The van der Waals surface area contributed by atoms with E-state index in [1.165, 1.54) is 4.57 Å². The first-order chi connectivity index (χ1) is 29.6. The normalized spacial score (nSPS) is 11.3. The van der Waals surface area contributed by atoms with E-state index >= 15 is 0 Å². The van der Waals surface area contributed by atoms with Crippen LogP contribution in [0.4, 0.5) is 11.9 Å². The number of nitriles is 1. The highest BCUT2D eigenvalue weighted by molar-refractivity contribution is 6.74. The summed E-state index contributed by atoms with van der Waals surface area (Å²) in [4.78, 5) is 46.7. The average Bonchev–Trinajstić information content (AvgIpc) is 3.23. The van der Waals surface area contributed by atoms with Crippen LogP contribution >= 0.6 is 23.2 Å². The van der Waals surface area contributed by atoms with Crippen molar-refractivity contribution in [2.45, 2.75) is 448 Å². The highest BCUT2D eigenvalue weighted by Gasteiger charge is 2.40. The molecule has 0 aliphatic heterocycles. The first-order valence-electron chi connectivity index (χ1n) is 21.2. The zero-order chi connectivity index (χ0) is 44.2. The predicted octanol–water partition coefficient (Wildman–Crippen LogP) is 37.7. The number of nitrogens with one attached hydrogen (secondary N) is 3. The summed E-state index contributed by atoms with van der Waals surface area (Å²) in [6.07, 6.45) is 10.7. The monoisotopic (exact) mass is 1600 g/mol. The highest BCUT2D eigenvalue weighted by atomic mass is 35.5. The minimum absolute atomic E-state index is 0. The minimum atomic E-state index is -1.74. The molecule has 0 radical (unpaired) electrons. The van der Waals surface area contributed by atoms with E-state index in [4.69, 9.17) is 27.6 Å². The number of H-pyrrole nitrogens is 1. The number of aromatic nitrogens is 6. The molecule has 106 heavy (non-hydrogen) atoms. The number of hydrogen-bond acceptors (Lipinski definition) is 11. The number of rotatable bonds is 9. The van der Waals surface area contributed by atoms with Gasteiger partial charge in [0.25, 0.3) is 11.1 Å². The molecule has 6 aromatic rings. The van der Waals surface area contributed by atoms with Crippen LogP contribution in [-0.2, 0) is 11.0 Å². The Balaban J connectivity index is -0.0000000172. The summed E-state index contributed by atoms with van der Waals surface area (Å²) < 4.78 is 7.95. The van der Waals surface area contributed by atoms with Gasteiger partial charge >= 0.3 is 0 Å². The summed E-state index contributed by atoms with van der Waals surface area (Å²) in [5.74, 6) is 0.952. The molecule has 676 valence electrons. The third kappa shape index (κ3) is 61.7. The number of benzene rings is 2. The molecular weight excluding hydrogens is 1370 g/mol. The van der Waals surface area contributed by atoms with E-state index in [1.807, 2.05) is 30.3 Å². The molecule has 16 heteroatoms. The Morgan fingerprint density at radius 3 is 1.13 bits per heavy atom. The lowest BCUT2D eigenvalue weighted by molar-refractivity contribution is 0.126. The van der Waals surface area contributed by atoms with Gasteiger partial charge in [-0.25, -0.2) is 9.97 Å². The maximum Gasteiger partial charge on any atom is 0.261 e. The Bertz CT molecular complexity index is 2730. The molecule has 0 amide bonds. The number of aromatic amines is 1. The van der Waals surface area contributed by atoms with Crippen molar-refractivity contribution in [1.82, 2.24) is 29.5 Å². The molecule has 0 atom stereocenters. The summed E-state index contributed by atoms with van der Waals surface area (Å²) in [5, 5.41) is 28.3. The average molecular weight is 1600 g/mol. The smallest absolute Gasteiger partial charge is 0.261 e. The fourth-order valence-corrected chi connectivity index (χ4v) is 9.66. The number of hydrogen-bond donors (Lipinski definition) is 4. The summed E-state index contributed by atoms with van der Waals surface area (Å²) in [6.45, 7) is 11.4. The van der Waals surface area contributed by atoms with Gasteiger partial charge in [-0.3, -0.25) is 14.2 Å². The van der Waals surface area contributed by atoms with E-state index in [1.54, 1.807) is 48.8 Å². The van der Waals surface area contributed by atoms with Gasteiger partial charge < -0.3 is 25.2 Å². The fourth-order valence-electron chi connectivity index (χ4n) is 7.76. The van der Waals surface area contributed by atoms with Crippen molar-refractivity contribution in [3.8, 4) is 28.3 Å². The van der Waals surface area contributed by atoms with Crippen LogP contribution in [0.2, 0.25) is 28.2 Å². The molecule has 4 N–H and O–H groups in total. The predicted molar refractivity (Wildman–Crippen MR) is 546 cm³/mol. The van der Waals surface area contributed by atoms with Gasteiger partial charge in [-0.1, -0.05) is 407 Å². The number of nitrogens with zero attached hydrogens (tertiary/aromatic N) is 6. The Labute approximate surface area is 696 Å². The van der Waals surface area contributed by atoms with Gasteiger partial charge in [0, 0.05) is 73.7 Å². The first kappa shape index (κ1) is 255. The zero-order valence-electron chi connectivity index (χ0n) is 35.7. The Morgan fingerprint density at radius 2 is 0.792 bits per heavy atom. The minimum Gasteiger partial charge on any atom is -0.414 e. The molecule has 0 unspecified atom stereocenters. The first-order valence-corrected chi connectivity index (χ1v) is 24.8. The molecule has 0 bridgehead atoms. The van der Waals surface area contributed by atoms with E-state index in [0.717, 1.165) is 56.8 Å².